The molecule has 21 heavy (non-hydrogen) atoms. The average Bonchev–Trinajstić information content (AvgIpc) is 2.53. The van der Waals surface area contributed by atoms with Crippen molar-refractivity contribution < 1.29 is 4.79 Å². The van der Waals surface area contributed by atoms with E-state index in [1.165, 1.54) is 12.1 Å². The number of hydrogen-bond donors (Lipinski definition) is 2. The van der Waals surface area contributed by atoms with Gasteiger partial charge in [0.25, 0.3) is 0 Å². The molecule has 0 bridgehead atoms. The van der Waals surface area contributed by atoms with Crippen molar-refractivity contribution in [2.75, 3.05) is 25.5 Å². The largest absolute Gasteiger partial charge is 0.378 e. The third-order valence-corrected chi connectivity index (χ3v) is 4.33. The van der Waals surface area contributed by atoms with Gasteiger partial charge in [0, 0.05) is 26.3 Å². The third kappa shape index (κ3) is 4.46. The molecule has 1 aliphatic rings. The third-order valence-electron chi connectivity index (χ3n) is 4.33. The van der Waals surface area contributed by atoms with Crippen LogP contribution in [0.3, 0.4) is 0 Å². The van der Waals surface area contributed by atoms with E-state index < -0.39 is 0 Å². The minimum atomic E-state index is -0.0234. The van der Waals surface area contributed by atoms with Gasteiger partial charge in [-0.15, -0.1) is 0 Å². The Morgan fingerprint density at radius 3 is 2.67 bits per heavy atom. The van der Waals surface area contributed by atoms with Gasteiger partial charge in [-0.05, 0) is 43.0 Å². The highest BCUT2D eigenvalue weighted by Crippen LogP contribution is 2.19. The minimum absolute atomic E-state index is 0.0234. The summed E-state index contributed by atoms with van der Waals surface area (Å²) < 4.78 is 0. The average molecular weight is 289 g/mol. The van der Waals surface area contributed by atoms with Crippen LogP contribution in [-0.4, -0.2) is 32.6 Å². The van der Waals surface area contributed by atoms with Gasteiger partial charge < -0.3 is 15.5 Å². The molecule has 2 unspecified atom stereocenters. The zero-order valence-electron chi connectivity index (χ0n) is 13.4. The number of benzene rings is 1. The molecule has 4 heteroatoms. The van der Waals surface area contributed by atoms with Gasteiger partial charge in [0.2, 0.25) is 5.91 Å². The maximum absolute atomic E-state index is 12.2. The van der Waals surface area contributed by atoms with Crippen molar-refractivity contribution in [3.8, 4) is 0 Å². The van der Waals surface area contributed by atoms with Gasteiger partial charge in [-0.3, -0.25) is 4.79 Å². The zero-order valence-corrected chi connectivity index (χ0v) is 13.4. The molecule has 0 saturated carbocycles. The molecule has 0 radical (unpaired) electrons. The van der Waals surface area contributed by atoms with Gasteiger partial charge in [0.05, 0.1) is 6.04 Å². The lowest BCUT2D eigenvalue weighted by Gasteiger charge is -2.28. The zero-order chi connectivity index (χ0) is 15.2. The maximum Gasteiger partial charge on any atom is 0.237 e. The topological polar surface area (TPSA) is 44.4 Å². The highest BCUT2D eigenvalue weighted by Gasteiger charge is 2.25. The fourth-order valence-corrected chi connectivity index (χ4v) is 2.79. The van der Waals surface area contributed by atoms with Crippen molar-refractivity contribution in [2.45, 2.75) is 38.8 Å². The number of nitrogens with one attached hydrogen (secondary N) is 2. The van der Waals surface area contributed by atoms with Crippen LogP contribution in [0, 0.1) is 5.92 Å². The van der Waals surface area contributed by atoms with E-state index >= 15 is 0 Å². The molecule has 0 aromatic heterocycles. The predicted molar refractivity (Wildman–Crippen MR) is 87.4 cm³/mol. The monoisotopic (exact) mass is 289 g/mol. The van der Waals surface area contributed by atoms with Crippen LogP contribution in [0.4, 0.5) is 5.69 Å². The molecule has 2 N–H and O–H groups in total. The summed E-state index contributed by atoms with van der Waals surface area (Å²) in [6.07, 6.45) is 3.31. The predicted octanol–water partition coefficient (Wildman–Crippen LogP) is 2.15. The summed E-state index contributed by atoms with van der Waals surface area (Å²) in [6, 6.07) is 8.27. The van der Waals surface area contributed by atoms with E-state index in [1.807, 2.05) is 14.1 Å². The first kappa shape index (κ1) is 15.8. The van der Waals surface area contributed by atoms with Crippen molar-refractivity contribution in [2.24, 2.45) is 5.92 Å². The molecule has 1 aliphatic heterocycles. The van der Waals surface area contributed by atoms with E-state index in [-0.39, 0.29) is 11.9 Å². The summed E-state index contributed by atoms with van der Waals surface area (Å²) in [5, 5.41) is 6.37. The summed E-state index contributed by atoms with van der Waals surface area (Å²) in [5.74, 6) is 0.811. The summed E-state index contributed by atoms with van der Waals surface area (Å²) in [4.78, 5) is 14.3. The van der Waals surface area contributed by atoms with Crippen molar-refractivity contribution in [1.29, 1.82) is 0 Å². The summed E-state index contributed by atoms with van der Waals surface area (Å²) in [5.41, 5.74) is 2.31. The van der Waals surface area contributed by atoms with Crippen LogP contribution in [0.2, 0.25) is 0 Å². The number of piperidine rings is 1. The fourth-order valence-electron chi connectivity index (χ4n) is 2.79. The normalized spacial score (nSPS) is 21.9. The van der Waals surface area contributed by atoms with Gasteiger partial charge in [0.1, 0.15) is 0 Å². The fraction of sp³-hybridized carbons (Fsp3) is 0.588. The minimum Gasteiger partial charge on any atom is -0.378 e. The van der Waals surface area contributed by atoms with Crippen molar-refractivity contribution in [1.82, 2.24) is 10.6 Å². The number of anilines is 1. The van der Waals surface area contributed by atoms with Crippen LogP contribution in [-0.2, 0) is 11.3 Å². The van der Waals surface area contributed by atoms with Crippen LogP contribution >= 0.6 is 0 Å². The second-order valence-electron chi connectivity index (χ2n) is 6.08. The molecule has 1 aromatic rings. The molecular formula is C17H27N3O. The van der Waals surface area contributed by atoms with E-state index in [2.05, 4.69) is 46.7 Å². The number of carbonyl (C=O) groups is 1. The Labute approximate surface area is 127 Å². The van der Waals surface area contributed by atoms with E-state index in [0.717, 1.165) is 24.9 Å². The van der Waals surface area contributed by atoms with E-state index in [9.17, 15) is 4.79 Å². The van der Waals surface area contributed by atoms with Crippen LogP contribution in [0.25, 0.3) is 0 Å². The molecule has 1 aromatic carbocycles. The first-order valence-electron chi connectivity index (χ1n) is 7.87. The molecule has 1 amide bonds. The quantitative estimate of drug-likeness (QED) is 0.873. The smallest absolute Gasteiger partial charge is 0.237 e. The number of hydrogen-bond acceptors (Lipinski definition) is 3. The standard InChI is InChI=1S/C17H27N3O/c1-4-13-9-10-18-16(11-13)17(21)19-12-14-5-7-15(8-6-14)20(2)3/h5-8,13,16,18H,4,9-12H2,1-3H3,(H,19,21). The summed E-state index contributed by atoms with van der Waals surface area (Å²) in [6.45, 7) is 3.76. The van der Waals surface area contributed by atoms with Crippen LogP contribution in [0.1, 0.15) is 31.7 Å². The number of amides is 1. The maximum atomic E-state index is 12.2. The van der Waals surface area contributed by atoms with Crippen LogP contribution in [0.15, 0.2) is 24.3 Å². The van der Waals surface area contributed by atoms with Gasteiger partial charge in [0.15, 0.2) is 0 Å². The van der Waals surface area contributed by atoms with Gasteiger partial charge in [-0.25, -0.2) is 0 Å². The van der Waals surface area contributed by atoms with E-state index in [0.29, 0.717) is 12.5 Å². The van der Waals surface area contributed by atoms with Crippen molar-refractivity contribution >= 4 is 11.6 Å². The van der Waals surface area contributed by atoms with Crippen LogP contribution < -0.4 is 15.5 Å². The molecule has 0 aliphatic carbocycles. The van der Waals surface area contributed by atoms with Gasteiger partial charge in [-0.2, -0.15) is 0 Å². The van der Waals surface area contributed by atoms with Crippen LogP contribution in [0.5, 0.6) is 0 Å². The Kier molecular flexibility index (Phi) is 5.62. The SMILES string of the molecule is CCC1CCNC(C(=O)NCc2ccc(N(C)C)cc2)C1. The molecular weight excluding hydrogens is 262 g/mol. The molecule has 1 fully saturated rings. The van der Waals surface area contributed by atoms with Gasteiger partial charge in [-0.1, -0.05) is 25.5 Å². The Bertz CT molecular complexity index is 456. The van der Waals surface area contributed by atoms with Crippen molar-refractivity contribution in [3.05, 3.63) is 29.8 Å². The Balaban J connectivity index is 1.83. The molecule has 4 nitrogen and oxygen atoms in total. The Morgan fingerprint density at radius 1 is 1.33 bits per heavy atom. The van der Waals surface area contributed by atoms with Gasteiger partial charge >= 0.3 is 0 Å². The van der Waals surface area contributed by atoms with E-state index in [1.54, 1.807) is 0 Å². The number of rotatable bonds is 5. The summed E-state index contributed by atoms with van der Waals surface area (Å²) in [7, 11) is 4.05. The van der Waals surface area contributed by atoms with E-state index in [4.69, 9.17) is 0 Å². The first-order chi connectivity index (χ1) is 10.1. The second-order valence-corrected chi connectivity index (χ2v) is 6.08. The molecule has 2 rings (SSSR count). The Hall–Kier alpha value is -1.55. The number of nitrogens with zero attached hydrogens (tertiary/aromatic N) is 1. The summed E-state index contributed by atoms with van der Waals surface area (Å²) >= 11 is 0. The first-order valence-corrected chi connectivity index (χ1v) is 7.87. The Morgan fingerprint density at radius 2 is 2.05 bits per heavy atom. The molecule has 0 spiro atoms. The lowest BCUT2D eigenvalue weighted by atomic mass is 9.90. The highest BCUT2D eigenvalue weighted by molar-refractivity contribution is 5.81. The number of carbonyl (C=O) groups excluding carboxylic acids is 1. The lowest BCUT2D eigenvalue weighted by molar-refractivity contribution is -0.124. The van der Waals surface area contributed by atoms with Crippen molar-refractivity contribution in [3.63, 3.8) is 0 Å². The second kappa shape index (κ2) is 7.46. The molecule has 116 valence electrons. The lowest BCUT2D eigenvalue weighted by Crippen LogP contribution is -2.48. The molecule has 2 atom stereocenters. The highest BCUT2D eigenvalue weighted by atomic mass is 16.2. The molecule has 1 heterocycles. The molecule has 1 saturated heterocycles.